The molecule has 1 saturated carbocycles. The third-order valence-corrected chi connectivity index (χ3v) is 6.11. The molecular formula is C21H21N5O2S. The Hall–Kier alpha value is -2.97. The number of H-pyrrole nitrogens is 1. The number of aliphatic hydroxyl groups is 1. The Kier molecular flexibility index (Phi) is 4.87. The van der Waals surface area contributed by atoms with Gasteiger partial charge >= 0.3 is 0 Å². The summed E-state index contributed by atoms with van der Waals surface area (Å²) in [7, 11) is 0. The van der Waals surface area contributed by atoms with Crippen LogP contribution in [0.1, 0.15) is 25.7 Å². The molecule has 148 valence electrons. The number of hydrogen-bond acceptors (Lipinski definition) is 7. The van der Waals surface area contributed by atoms with E-state index in [2.05, 4.69) is 25.5 Å². The number of benzene rings is 1. The Morgan fingerprint density at radius 2 is 2.03 bits per heavy atom. The SMILES string of the molecule is O[C@@H]1CCCC[C@H]1Nc1nc2ccc(Oc3cncc(-c4ccn[nH]4)c3)cc2s1. The van der Waals surface area contributed by atoms with Gasteiger partial charge in [-0.05, 0) is 37.1 Å². The van der Waals surface area contributed by atoms with Gasteiger partial charge in [0.25, 0.3) is 0 Å². The number of nitrogens with one attached hydrogen (secondary N) is 2. The fourth-order valence-electron chi connectivity index (χ4n) is 3.64. The standard InChI is InChI=1S/C21H21N5O2S/c27-19-4-2-1-3-17(19)24-21-25-18-6-5-14(10-20(18)29-21)28-15-9-13(11-22-12-15)16-7-8-23-26-16/h5-12,17,19,27H,1-4H2,(H,23,26)(H,24,25)/t17-,19-/m1/s1. The van der Waals surface area contributed by atoms with Gasteiger partial charge in [0.1, 0.15) is 11.5 Å². The maximum absolute atomic E-state index is 10.2. The molecule has 0 bridgehead atoms. The number of pyridine rings is 1. The molecule has 1 fully saturated rings. The molecule has 7 nitrogen and oxygen atoms in total. The number of hydrogen-bond donors (Lipinski definition) is 3. The number of thiazole rings is 1. The molecule has 0 amide bonds. The number of nitrogens with zero attached hydrogens (tertiary/aromatic N) is 3. The zero-order valence-electron chi connectivity index (χ0n) is 15.7. The lowest BCUT2D eigenvalue weighted by molar-refractivity contribution is 0.116. The summed E-state index contributed by atoms with van der Waals surface area (Å²) in [6.45, 7) is 0. The molecule has 3 N–H and O–H groups in total. The highest BCUT2D eigenvalue weighted by Gasteiger charge is 2.23. The second-order valence-electron chi connectivity index (χ2n) is 7.23. The van der Waals surface area contributed by atoms with Gasteiger partial charge in [0.05, 0.1) is 34.3 Å². The molecule has 3 heterocycles. The summed E-state index contributed by atoms with van der Waals surface area (Å²) in [5.74, 6) is 1.39. The Morgan fingerprint density at radius 1 is 1.10 bits per heavy atom. The van der Waals surface area contributed by atoms with Crippen molar-refractivity contribution in [3.63, 3.8) is 0 Å². The zero-order valence-corrected chi connectivity index (χ0v) is 16.5. The van der Waals surface area contributed by atoms with Gasteiger partial charge < -0.3 is 15.2 Å². The number of aromatic nitrogens is 4. The third kappa shape index (κ3) is 3.94. The second kappa shape index (κ2) is 7.81. The first-order valence-corrected chi connectivity index (χ1v) is 10.5. The number of aromatic amines is 1. The molecule has 8 heteroatoms. The van der Waals surface area contributed by atoms with Gasteiger partial charge in [-0.3, -0.25) is 10.1 Å². The zero-order chi connectivity index (χ0) is 19.6. The minimum Gasteiger partial charge on any atom is -0.456 e. The molecule has 29 heavy (non-hydrogen) atoms. The summed E-state index contributed by atoms with van der Waals surface area (Å²) in [5.41, 5.74) is 2.72. The molecular weight excluding hydrogens is 386 g/mol. The van der Waals surface area contributed by atoms with Crippen molar-refractivity contribution in [2.45, 2.75) is 37.8 Å². The fourth-order valence-corrected chi connectivity index (χ4v) is 4.60. The van der Waals surface area contributed by atoms with Gasteiger partial charge in [0, 0.05) is 24.0 Å². The number of rotatable bonds is 5. The van der Waals surface area contributed by atoms with E-state index in [1.165, 1.54) is 0 Å². The molecule has 5 rings (SSSR count). The number of aliphatic hydroxyl groups excluding tert-OH is 1. The van der Waals surface area contributed by atoms with Crippen molar-refractivity contribution in [1.29, 1.82) is 0 Å². The summed E-state index contributed by atoms with van der Waals surface area (Å²) in [5, 5.41) is 21.3. The molecule has 0 saturated heterocycles. The first kappa shape index (κ1) is 18.1. The van der Waals surface area contributed by atoms with E-state index in [-0.39, 0.29) is 12.1 Å². The minimum absolute atomic E-state index is 0.0799. The molecule has 0 radical (unpaired) electrons. The lowest BCUT2D eigenvalue weighted by Crippen LogP contribution is -2.36. The third-order valence-electron chi connectivity index (χ3n) is 5.16. The fraction of sp³-hybridized carbons (Fsp3) is 0.286. The van der Waals surface area contributed by atoms with Gasteiger partial charge in [-0.2, -0.15) is 5.10 Å². The Bertz CT molecular complexity index is 1110. The van der Waals surface area contributed by atoms with Crippen LogP contribution in [0.5, 0.6) is 11.5 Å². The first-order chi connectivity index (χ1) is 14.2. The highest BCUT2D eigenvalue weighted by atomic mass is 32.1. The number of ether oxygens (including phenoxy) is 1. The maximum Gasteiger partial charge on any atom is 0.184 e. The van der Waals surface area contributed by atoms with Crippen LogP contribution in [0.2, 0.25) is 0 Å². The van der Waals surface area contributed by atoms with Crippen LogP contribution < -0.4 is 10.1 Å². The van der Waals surface area contributed by atoms with Crippen LogP contribution >= 0.6 is 11.3 Å². The molecule has 2 atom stereocenters. The Morgan fingerprint density at radius 3 is 2.90 bits per heavy atom. The van der Waals surface area contributed by atoms with E-state index in [0.29, 0.717) is 5.75 Å². The summed E-state index contributed by atoms with van der Waals surface area (Å²) >= 11 is 1.58. The van der Waals surface area contributed by atoms with Gasteiger partial charge in [-0.1, -0.05) is 24.2 Å². The molecule has 1 aliphatic carbocycles. The summed E-state index contributed by atoms with van der Waals surface area (Å²) in [4.78, 5) is 8.91. The largest absolute Gasteiger partial charge is 0.456 e. The van der Waals surface area contributed by atoms with E-state index in [1.807, 2.05) is 30.3 Å². The van der Waals surface area contributed by atoms with Crippen LogP contribution in [0, 0.1) is 0 Å². The van der Waals surface area contributed by atoms with Crippen LogP contribution in [0.4, 0.5) is 5.13 Å². The topological polar surface area (TPSA) is 95.9 Å². The molecule has 3 aromatic heterocycles. The molecule has 1 aromatic carbocycles. The summed E-state index contributed by atoms with van der Waals surface area (Å²) in [6.07, 6.45) is 8.93. The Labute approximate surface area is 171 Å². The van der Waals surface area contributed by atoms with Crippen molar-refractivity contribution in [2.75, 3.05) is 5.32 Å². The highest BCUT2D eigenvalue weighted by Crippen LogP contribution is 2.33. The predicted octanol–water partition coefficient (Wildman–Crippen LogP) is 4.59. The van der Waals surface area contributed by atoms with E-state index in [1.54, 1.807) is 29.9 Å². The van der Waals surface area contributed by atoms with Crippen molar-refractivity contribution in [3.05, 3.63) is 48.9 Å². The molecule has 0 aliphatic heterocycles. The van der Waals surface area contributed by atoms with E-state index < -0.39 is 0 Å². The van der Waals surface area contributed by atoms with Crippen molar-refractivity contribution < 1.29 is 9.84 Å². The highest BCUT2D eigenvalue weighted by molar-refractivity contribution is 7.22. The number of fused-ring (bicyclic) bond motifs is 1. The van der Waals surface area contributed by atoms with E-state index in [4.69, 9.17) is 4.74 Å². The lowest BCUT2D eigenvalue weighted by atomic mass is 9.93. The van der Waals surface area contributed by atoms with E-state index in [0.717, 1.165) is 58.0 Å². The molecule has 0 spiro atoms. The van der Waals surface area contributed by atoms with E-state index in [9.17, 15) is 5.11 Å². The molecule has 0 unspecified atom stereocenters. The van der Waals surface area contributed by atoms with Crippen molar-refractivity contribution in [2.24, 2.45) is 0 Å². The smallest absolute Gasteiger partial charge is 0.184 e. The summed E-state index contributed by atoms with van der Waals surface area (Å²) < 4.78 is 7.06. The second-order valence-corrected chi connectivity index (χ2v) is 8.26. The van der Waals surface area contributed by atoms with Crippen LogP contribution in [0.25, 0.3) is 21.5 Å². The maximum atomic E-state index is 10.2. The van der Waals surface area contributed by atoms with Crippen LogP contribution in [0.15, 0.2) is 48.9 Å². The molecule has 4 aromatic rings. The predicted molar refractivity (Wildman–Crippen MR) is 113 cm³/mol. The van der Waals surface area contributed by atoms with Gasteiger partial charge in [-0.25, -0.2) is 4.98 Å². The average Bonchev–Trinajstić information content (AvgIpc) is 3.39. The lowest BCUT2D eigenvalue weighted by Gasteiger charge is -2.27. The van der Waals surface area contributed by atoms with Gasteiger partial charge in [0.2, 0.25) is 0 Å². The normalized spacial score (nSPS) is 19.3. The average molecular weight is 407 g/mol. The van der Waals surface area contributed by atoms with Crippen LogP contribution in [-0.4, -0.2) is 37.4 Å². The van der Waals surface area contributed by atoms with Gasteiger partial charge in [-0.15, -0.1) is 0 Å². The van der Waals surface area contributed by atoms with Crippen molar-refractivity contribution in [3.8, 4) is 22.8 Å². The number of anilines is 1. The van der Waals surface area contributed by atoms with E-state index >= 15 is 0 Å². The van der Waals surface area contributed by atoms with Crippen molar-refractivity contribution >= 4 is 26.7 Å². The van der Waals surface area contributed by atoms with Crippen LogP contribution in [-0.2, 0) is 0 Å². The first-order valence-electron chi connectivity index (χ1n) is 9.72. The monoisotopic (exact) mass is 407 g/mol. The quantitative estimate of drug-likeness (QED) is 0.448. The Balaban J connectivity index is 1.34. The minimum atomic E-state index is -0.302. The van der Waals surface area contributed by atoms with Gasteiger partial charge in [0.15, 0.2) is 5.13 Å². The van der Waals surface area contributed by atoms with Crippen molar-refractivity contribution in [1.82, 2.24) is 20.2 Å². The molecule has 1 aliphatic rings. The van der Waals surface area contributed by atoms with Crippen LogP contribution in [0.3, 0.4) is 0 Å². The summed E-state index contributed by atoms with van der Waals surface area (Å²) in [6, 6.07) is 9.74.